The van der Waals surface area contributed by atoms with Gasteiger partial charge in [-0.15, -0.1) is 11.8 Å². The molecule has 0 atom stereocenters. The molecule has 0 bridgehead atoms. The molecule has 0 aliphatic carbocycles. The topological polar surface area (TPSA) is 59.6 Å². The van der Waals surface area contributed by atoms with Gasteiger partial charge < -0.3 is 5.32 Å². The molecule has 0 aliphatic heterocycles. The Morgan fingerprint density at radius 1 is 1.29 bits per heavy atom. The van der Waals surface area contributed by atoms with E-state index in [0.717, 1.165) is 17.9 Å². The van der Waals surface area contributed by atoms with Gasteiger partial charge in [-0.2, -0.15) is 10.5 Å². The van der Waals surface area contributed by atoms with E-state index >= 15 is 0 Å². The SMILES string of the molecule is CCCSc1ccc(NC=C(C#N)C#N)cc1. The van der Waals surface area contributed by atoms with Crippen LogP contribution in [0.3, 0.4) is 0 Å². The van der Waals surface area contributed by atoms with E-state index in [2.05, 4.69) is 12.2 Å². The smallest absolute Gasteiger partial charge is 0.145 e. The number of hydrogen-bond acceptors (Lipinski definition) is 4. The summed E-state index contributed by atoms with van der Waals surface area (Å²) < 4.78 is 0. The molecular weight excluding hydrogens is 230 g/mol. The van der Waals surface area contributed by atoms with E-state index in [0.29, 0.717) is 0 Å². The molecule has 3 nitrogen and oxygen atoms in total. The summed E-state index contributed by atoms with van der Waals surface area (Å²) in [5.74, 6) is 1.11. The Hall–Kier alpha value is -1.91. The number of anilines is 1. The second-order valence-corrected chi connectivity index (χ2v) is 4.47. The van der Waals surface area contributed by atoms with Crippen molar-refractivity contribution >= 4 is 17.4 Å². The standard InChI is InChI=1S/C13H13N3S/c1-2-7-17-13-5-3-12(4-6-13)16-10-11(8-14)9-15/h3-6,10,16H,2,7H2,1H3. The molecule has 0 fully saturated rings. The molecule has 1 N–H and O–H groups in total. The van der Waals surface area contributed by atoms with Gasteiger partial charge in [0.2, 0.25) is 0 Å². The van der Waals surface area contributed by atoms with Crippen LogP contribution in [0.15, 0.2) is 40.9 Å². The quantitative estimate of drug-likeness (QED) is 0.635. The zero-order valence-corrected chi connectivity index (χ0v) is 10.4. The van der Waals surface area contributed by atoms with Crippen molar-refractivity contribution in [3.63, 3.8) is 0 Å². The maximum absolute atomic E-state index is 8.56. The molecule has 0 unspecified atom stereocenters. The van der Waals surface area contributed by atoms with Crippen LogP contribution < -0.4 is 5.32 Å². The Bertz CT molecular complexity index is 447. The van der Waals surface area contributed by atoms with Crippen molar-refractivity contribution in [1.29, 1.82) is 10.5 Å². The van der Waals surface area contributed by atoms with Crippen LogP contribution in [0.1, 0.15) is 13.3 Å². The molecule has 0 radical (unpaired) electrons. The van der Waals surface area contributed by atoms with Gasteiger partial charge >= 0.3 is 0 Å². The largest absolute Gasteiger partial charge is 0.360 e. The van der Waals surface area contributed by atoms with Crippen molar-refractivity contribution < 1.29 is 0 Å². The van der Waals surface area contributed by atoms with Crippen LogP contribution in [-0.4, -0.2) is 5.75 Å². The maximum atomic E-state index is 8.56. The highest BCUT2D eigenvalue weighted by atomic mass is 32.2. The summed E-state index contributed by atoms with van der Waals surface area (Å²) in [5.41, 5.74) is 0.934. The van der Waals surface area contributed by atoms with Crippen molar-refractivity contribution in [2.45, 2.75) is 18.2 Å². The molecule has 0 saturated carbocycles. The van der Waals surface area contributed by atoms with Crippen LogP contribution in [0, 0.1) is 22.7 Å². The number of thioether (sulfide) groups is 1. The van der Waals surface area contributed by atoms with Gasteiger partial charge in [-0.3, -0.25) is 0 Å². The van der Waals surface area contributed by atoms with E-state index in [9.17, 15) is 0 Å². The lowest BCUT2D eigenvalue weighted by Crippen LogP contribution is -1.89. The summed E-state index contributed by atoms with van der Waals surface area (Å²) in [5, 5.41) is 20.0. The Kier molecular flexibility index (Phi) is 5.71. The molecule has 0 aromatic heterocycles. The minimum Gasteiger partial charge on any atom is -0.360 e. The molecule has 0 spiro atoms. The minimum absolute atomic E-state index is 0.0643. The number of benzene rings is 1. The third kappa shape index (κ3) is 4.63. The van der Waals surface area contributed by atoms with Crippen LogP contribution in [0.4, 0.5) is 5.69 Å². The zero-order valence-electron chi connectivity index (χ0n) is 9.60. The predicted molar refractivity (Wildman–Crippen MR) is 70.4 cm³/mol. The number of rotatable bonds is 5. The number of allylic oxidation sites excluding steroid dienone is 1. The van der Waals surface area contributed by atoms with Crippen molar-refractivity contribution in [1.82, 2.24) is 0 Å². The molecule has 86 valence electrons. The fourth-order valence-electron chi connectivity index (χ4n) is 1.11. The van der Waals surface area contributed by atoms with E-state index < -0.39 is 0 Å². The minimum atomic E-state index is 0.0643. The third-order valence-electron chi connectivity index (χ3n) is 1.95. The summed E-state index contributed by atoms with van der Waals surface area (Å²) in [6, 6.07) is 11.5. The summed E-state index contributed by atoms with van der Waals surface area (Å²) >= 11 is 1.81. The van der Waals surface area contributed by atoms with Gasteiger partial charge in [-0.1, -0.05) is 6.92 Å². The van der Waals surface area contributed by atoms with Gasteiger partial charge in [0.15, 0.2) is 0 Å². The molecule has 1 aromatic carbocycles. The molecule has 0 aliphatic rings. The highest BCUT2D eigenvalue weighted by Crippen LogP contribution is 2.20. The Balaban J connectivity index is 2.61. The van der Waals surface area contributed by atoms with Crippen LogP contribution in [0.5, 0.6) is 0 Å². The first-order valence-corrected chi connectivity index (χ1v) is 6.28. The zero-order chi connectivity index (χ0) is 12.5. The highest BCUT2D eigenvalue weighted by molar-refractivity contribution is 7.99. The van der Waals surface area contributed by atoms with Crippen LogP contribution >= 0.6 is 11.8 Å². The van der Waals surface area contributed by atoms with E-state index in [-0.39, 0.29) is 5.57 Å². The highest BCUT2D eigenvalue weighted by Gasteiger charge is 1.95. The molecule has 4 heteroatoms. The van der Waals surface area contributed by atoms with Gasteiger partial charge in [0.1, 0.15) is 17.7 Å². The van der Waals surface area contributed by atoms with Crippen LogP contribution in [-0.2, 0) is 0 Å². The van der Waals surface area contributed by atoms with Gasteiger partial charge in [-0.25, -0.2) is 0 Å². The van der Waals surface area contributed by atoms with Crippen molar-refractivity contribution in [2.24, 2.45) is 0 Å². The second kappa shape index (κ2) is 7.38. The lowest BCUT2D eigenvalue weighted by atomic mass is 10.3. The van der Waals surface area contributed by atoms with Crippen LogP contribution in [0.2, 0.25) is 0 Å². The fourth-order valence-corrected chi connectivity index (χ4v) is 1.88. The van der Waals surface area contributed by atoms with Crippen molar-refractivity contribution in [3.8, 4) is 12.1 Å². The molecule has 0 saturated heterocycles. The molecule has 1 aromatic rings. The first-order chi connectivity index (χ1) is 8.30. The summed E-state index contributed by atoms with van der Waals surface area (Å²) in [6.07, 6.45) is 2.56. The van der Waals surface area contributed by atoms with Crippen molar-refractivity contribution in [2.75, 3.05) is 11.1 Å². The lowest BCUT2D eigenvalue weighted by Gasteiger charge is -2.03. The van der Waals surface area contributed by atoms with E-state index in [1.165, 1.54) is 11.1 Å². The number of nitriles is 2. The average molecular weight is 243 g/mol. The number of nitrogens with zero attached hydrogens (tertiary/aromatic N) is 2. The number of nitrogens with one attached hydrogen (secondary N) is 1. The van der Waals surface area contributed by atoms with E-state index in [1.54, 1.807) is 12.1 Å². The lowest BCUT2D eigenvalue weighted by molar-refractivity contribution is 1.10. The predicted octanol–water partition coefficient (Wildman–Crippen LogP) is 3.53. The summed E-state index contributed by atoms with van der Waals surface area (Å²) in [7, 11) is 0. The van der Waals surface area contributed by atoms with E-state index in [4.69, 9.17) is 10.5 Å². The number of hydrogen-bond donors (Lipinski definition) is 1. The molecular formula is C13H13N3S. The Morgan fingerprint density at radius 3 is 2.47 bits per heavy atom. The fraction of sp³-hybridized carbons (Fsp3) is 0.231. The molecule has 1 rings (SSSR count). The second-order valence-electron chi connectivity index (χ2n) is 3.30. The van der Waals surface area contributed by atoms with Gasteiger partial charge in [-0.05, 0) is 36.4 Å². The Morgan fingerprint density at radius 2 is 1.94 bits per heavy atom. The maximum Gasteiger partial charge on any atom is 0.145 e. The van der Waals surface area contributed by atoms with Crippen LogP contribution in [0.25, 0.3) is 0 Å². The van der Waals surface area contributed by atoms with Gasteiger partial charge in [0, 0.05) is 16.8 Å². The van der Waals surface area contributed by atoms with Gasteiger partial charge in [0.25, 0.3) is 0 Å². The van der Waals surface area contributed by atoms with Gasteiger partial charge in [0.05, 0.1) is 0 Å². The first-order valence-electron chi connectivity index (χ1n) is 5.30. The Labute approximate surface area is 106 Å². The summed E-state index contributed by atoms with van der Waals surface area (Å²) in [6.45, 7) is 2.15. The van der Waals surface area contributed by atoms with E-state index in [1.807, 2.05) is 36.0 Å². The summed E-state index contributed by atoms with van der Waals surface area (Å²) in [4.78, 5) is 1.22. The molecule has 17 heavy (non-hydrogen) atoms. The van der Waals surface area contributed by atoms with Crippen molar-refractivity contribution in [3.05, 3.63) is 36.0 Å². The normalized spacial score (nSPS) is 8.88. The first kappa shape index (κ1) is 13.2. The molecule has 0 amide bonds. The average Bonchev–Trinajstić information content (AvgIpc) is 2.39. The monoisotopic (exact) mass is 243 g/mol. The molecule has 0 heterocycles. The third-order valence-corrected chi connectivity index (χ3v) is 3.17.